The maximum Gasteiger partial charge on any atom is 0.437 e. The number of likely N-dealkylation sites (N-methyl/N-ethyl adjacent to an activating group) is 1. The molecular weight excluding hydrogens is 465 g/mol. The molecule has 0 atom stereocenters. The van der Waals surface area contributed by atoms with Crippen LogP contribution < -0.4 is 15.8 Å². The highest BCUT2D eigenvalue weighted by Gasteiger charge is 2.30. The van der Waals surface area contributed by atoms with E-state index in [1.807, 2.05) is 0 Å². The van der Waals surface area contributed by atoms with Crippen molar-refractivity contribution in [1.29, 1.82) is 0 Å². The summed E-state index contributed by atoms with van der Waals surface area (Å²) in [7, 11) is 4.91. The van der Waals surface area contributed by atoms with Gasteiger partial charge in [-0.15, -0.1) is 5.10 Å². The first-order valence-electron chi connectivity index (χ1n) is 9.54. The van der Waals surface area contributed by atoms with Crippen molar-refractivity contribution >= 4 is 23.2 Å². The lowest BCUT2D eigenvalue weighted by molar-refractivity contribution is -0.137. The van der Waals surface area contributed by atoms with Crippen molar-refractivity contribution in [3.8, 4) is 17.2 Å². The van der Waals surface area contributed by atoms with Crippen LogP contribution in [0.1, 0.15) is 11.1 Å². The molecule has 0 aliphatic rings. The number of hydrogen-bond donors (Lipinski definition) is 1. The molecule has 2 aromatic carbocycles. The fraction of sp³-hybridized carbons (Fsp3) is 0.286. The third-order valence-corrected chi connectivity index (χ3v) is 4.80. The fourth-order valence-corrected chi connectivity index (χ4v) is 3.20. The van der Waals surface area contributed by atoms with Gasteiger partial charge in [0, 0.05) is 17.2 Å². The molecule has 8 nitrogen and oxygen atoms in total. The van der Waals surface area contributed by atoms with Gasteiger partial charge in [-0.3, -0.25) is 4.79 Å². The molecule has 33 heavy (non-hydrogen) atoms. The largest absolute Gasteiger partial charge is 0.496 e. The van der Waals surface area contributed by atoms with Gasteiger partial charge in [0.25, 0.3) is 0 Å². The van der Waals surface area contributed by atoms with Gasteiger partial charge in [0.2, 0.25) is 11.8 Å². The van der Waals surface area contributed by atoms with Crippen molar-refractivity contribution in [2.24, 2.45) is 0 Å². The summed E-state index contributed by atoms with van der Waals surface area (Å²) in [5, 5.41) is 6.96. The summed E-state index contributed by atoms with van der Waals surface area (Å²) < 4.78 is 49.7. The summed E-state index contributed by atoms with van der Waals surface area (Å²) in [6, 6.07) is 7.13. The lowest BCUT2D eigenvalue weighted by Gasteiger charge is -2.14. The van der Waals surface area contributed by atoms with E-state index in [0.29, 0.717) is 17.0 Å². The van der Waals surface area contributed by atoms with Crippen LogP contribution in [0.4, 0.5) is 18.9 Å². The molecule has 12 heteroatoms. The van der Waals surface area contributed by atoms with Gasteiger partial charge < -0.3 is 19.4 Å². The third kappa shape index (κ3) is 5.93. The molecule has 1 N–H and O–H groups in total. The van der Waals surface area contributed by atoms with Crippen molar-refractivity contribution in [1.82, 2.24) is 14.7 Å². The average Bonchev–Trinajstić information content (AvgIpc) is 3.09. The molecule has 0 spiro atoms. The van der Waals surface area contributed by atoms with Crippen LogP contribution in [0.15, 0.2) is 45.6 Å². The highest BCUT2D eigenvalue weighted by atomic mass is 35.5. The Labute approximate surface area is 191 Å². The van der Waals surface area contributed by atoms with Gasteiger partial charge in [-0.05, 0) is 44.4 Å². The van der Waals surface area contributed by atoms with Gasteiger partial charge in [-0.1, -0.05) is 11.6 Å². The lowest BCUT2D eigenvalue weighted by Crippen LogP contribution is -2.27. The van der Waals surface area contributed by atoms with Crippen LogP contribution in [0.5, 0.6) is 5.75 Å². The molecular formula is C21H20ClF3N4O4. The predicted octanol–water partition coefficient (Wildman–Crippen LogP) is 3.73. The zero-order valence-corrected chi connectivity index (χ0v) is 18.6. The molecule has 0 radical (unpaired) electrons. The Morgan fingerprint density at radius 3 is 2.48 bits per heavy atom. The van der Waals surface area contributed by atoms with E-state index in [9.17, 15) is 22.8 Å². The molecule has 0 fully saturated rings. The smallest absolute Gasteiger partial charge is 0.437 e. The van der Waals surface area contributed by atoms with E-state index in [2.05, 4.69) is 10.4 Å². The van der Waals surface area contributed by atoms with Crippen molar-refractivity contribution in [2.45, 2.75) is 12.7 Å². The van der Waals surface area contributed by atoms with Crippen LogP contribution in [0, 0.1) is 0 Å². The Hall–Kier alpha value is -3.31. The van der Waals surface area contributed by atoms with Crippen LogP contribution in [0.25, 0.3) is 11.5 Å². The number of anilines is 1. The minimum atomic E-state index is -4.48. The molecule has 176 valence electrons. The number of nitrogens with one attached hydrogen (secondary N) is 1. The minimum absolute atomic E-state index is 0.0855. The first kappa shape index (κ1) is 24.3. The molecule has 0 aliphatic carbocycles. The van der Waals surface area contributed by atoms with Crippen LogP contribution in [-0.2, 0) is 17.5 Å². The topological polar surface area (TPSA) is 89.6 Å². The molecule has 0 unspecified atom stereocenters. The quantitative estimate of drug-likeness (QED) is 0.549. The summed E-state index contributed by atoms with van der Waals surface area (Å²) in [6.45, 7) is 0.0687. The maximum atomic E-state index is 12.7. The highest BCUT2D eigenvalue weighted by molar-refractivity contribution is 6.33. The van der Waals surface area contributed by atoms with E-state index in [1.165, 1.54) is 31.4 Å². The van der Waals surface area contributed by atoms with Crippen LogP contribution in [-0.4, -0.2) is 48.3 Å². The highest BCUT2D eigenvalue weighted by Crippen LogP contribution is 2.32. The first-order chi connectivity index (χ1) is 15.5. The number of benzene rings is 2. The number of ether oxygens (including phenoxy) is 1. The third-order valence-electron chi connectivity index (χ3n) is 4.49. The van der Waals surface area contributed by atoms with Crippen LogP contribution in [0.3, 0.4) is 0 Å². The fourth-order valence-electron chi connectivity index (χ4n) is 2.97. The molecule has 1 aromatic heterocycles. The van der Waals surface area contributed by atoms with E-state index < -0.39 is 17.5 Å². The number of alkyl halides is 3. The van der Waals surface area contributed by atoms with Crippen molar-refractivity contribution in [3.05, 3.63) is 63.1 Å². The summed E-state index contributed by atoms with van der Waals surface area (Å²) in [4.78, 5) is 26.0. The number of hydrogen-bond acceptors (Lipinski definition) is 6. The molecule has 0 aliphatic heterocycles. The summed E-state index contributed by atoms with van der Waals surface area (Å²) in [6.07, 6.45) is -4.48. The number of methoxy groups -OCH3 is 1. The normalized spacial score (nSPS) is 11.6. The average molecular weight is 485 g/mol. The van der Waals surface area contributed by atoms with Gasteiger partial charge in [-0.2, -0.15) is 17.9 Å². The Morgan fingerprint density at radius 1 is 1.24 bits per heavy atom. The predicted molar refractivity (Wildman–Crippen MR) is 115 cm³/mol. The maximum absolute atomic E-state index is 12.7. The lowest BCUT2D eigenvalue weighted by atomic mass is 10.1. The second-order valence-corrected chi connectivity index (χ2v) is 7.74. The van der Waals surface area contributed by atoms with Crippen molar-refractivity contribution < 1.29 is 27.1 Å². The van der Waals surface area contributed by atoms with Gasteiger partial charge in [0.05, 0.1) is 36.5 Å². The number of nitrogens with zero attached hydrogens (tertiary/aromatic N) is 3. The Bertz CT molecular complexity index is 1200. The Kier molecular flexibility index (Phi) is 7.13. The second-order valence-electron chi connectivity index (χ2n) is 7.34. The number of aromatic nitrogens is 2. The Morgan fingerprint density at radius 2 is 1.91 bits per heavy atom. The van der Waals surface area contributed by atoms with Gasteiger partial charge >= 0.3 is 11.9 Å². The van der Waals surface area contributed by atoms with Gasteiger partial charge in [0.15, 0.2) is 0 Å². The Balaban J connectivity index is 1.85. The van der Waals surface area contributed by atoms with E-state index in [-0.39, 0.29) is 35.5 Å². The number of halogens is 4. The molecule has 0 bridgehead atoms. The van der Waals surface area contributed by atoms with Crippen molar-refractivity contribution in [2.75, 3.05) is 33.1 Å². The standard InChI is InChI=1S/C21H20ClF3N4O4/c1-28(2)11-18(30)26-16-9-17(32-3)13(8-15(16)22)10-29-20(31)33-19(27-29)12-4-6-14(7-5-12)21(23,24)25/h4-9H,10-11H2,1-3H3,(H,26,30). The SMILES string of the molecule is COc1cc(NC(=O)CN(C)C)c(Cl)cc1Cn1nc(-c2ccc(C(F)(F)F)cc2)oc1=O. The molecule has 3 aromatic rings. The van der Waals surface area contributed by atoms with Crippen molar-refractivity contribution in [3.63, 3.8) is 0 Å². The zero-order chi connectivity index (χ0) is 24.3. The minimum Gasteiger partial charge on any atom is -0.496 e. The molecule has 0 saturated carbocycles. The first-order valence-corrected chi connectivity index (χ1v) is 9.92. The number of carbonyl (C=O) groups is 1. The summed E-state index contributed by atoms with van der Waals surface area (Å²) in [5.41, 5.74) is 0.192. The summed E-state index contributed by atoms with van der Waals surface area (Å²) >= 11 is 6.29. The number of carbonyl (C=O) groups excluding carboxylic acids is 1. The molecule has 1 amide bonds. The summed E-state index contributed by atoms with van der Waals surface area (Å²) in [5.74, 6) is -0.881. The zero-order valence-electron chi connectivity index (χ0n) is 17.9. The van der Waals surface area contributed by atoms with E-state index >= 15 is 0 Å². The van der Waals surface area contributed by atoms with Gasteiger partial charge in [0.1, 0.15) is 5.75 Å². The van der Waals surface area contributed by atoms with E-state index in [0.717, 1.165) is 16.8 Å². The molecule has 3 rings (SSSR count). The molecule has 0 saturated heterocycles. The van der Waals surface area contributed by atoms with Crippen LogP contribution >= 0.6 is 11.6 Å². The second kappa shape index (κ2) is 9.67. The van der Waals surface area contributed by atoms with Gasteiger partial charge in [-0.25, -0.2) is 4.79 Å². The van der Waals surface area contributed by atoms with Crippen LogP contribution in [0.2, 0.25) is 5.02 Å². The number of amides is 1. The van der Waals surface area contributed by atoms with E-state index in [1.54, 1.807) is 19.0 Å². The number of rotatable bonds is 7. The van der Waals surface area contributed by atoms with E-state index in [4.69, 9.17) is 20.8 Å². The molecule has 1 heterocycles. The monoisotopic (exact) mass is 484 g/mol.